The van der Waals surface area contributed by atoms with Crippen LogP contribution in [0.2, 0.25) is 0 Å². The third-order valence-corrected chi connectivity index (χ3v) is 12.9. The maximum Gasteiger partial charge on any atom is 0.268 e. The van der Waals surface area contributed by atoms with Gasteiger partial charge in [-0.15, -0.1) is 29.7 Å². The zero-order chi connectivity index (χ0) is 37.8. The van der Waals surface area contributed by atoms with Crippen LogP contribution in [0.4, 0.5) is 0 Å². The fourth-order valence-electron chi connectivity index (χ4n) is 8.68. The monoisotopic (exact) mass is 901 g/mol. The van der Waals surface area contributed by atoms with Gasteiger partial charge in [0.15, 0.2) is 0 Å². The van der Waals surface area contributed by atoms with E-state index in [1.165, 1.54) is 22.4 Å². The number of imidazole rings is 1. The van der Waals surface area contributed by atoms with Crippen molar-refractivity contribution >= 4 is 32.8 Å². The Balaban J connectivity index is 0.00000427. The molecular formula is C49H46N4OPt-2. The summed E-state index contributed by atoms with van der Waals surface area (Å²) in [6, 6.07) is 45.3. The van der Waals surface area contributed by atoms with Crippen LogP contribution in [0.15, 0.2) is 115 Å². The van der Waals surface area contributed by atoms with E-state index in [0.29, 0.717) is 11.5 Å². The molecule has 5 nitrogen and oxygen atoms in total. The molecule has 0 radical (unpaired) electrons. The maximum atomic E-state index is 6.57. The maximum absolute atomic E-state index is 6.57. The van der Waals surface area contributed by atoms with E-state index in [0.717, 1.165) is 44.3 Å². The summed E-state index contributed by atoms with van der Waals surface area (Å²) in [6.07, 6.45) is 5.64. The molecule has 8 aromatic rings. The van der Waals surface area contributed by atoms with Crippen LogP contribution in [0, 0.1) is 23.9 Å². The molecule has 0 spiro atoms. The van der Waals surface area contributed by atoms with E-state index in [1.807, 2.05) is 24.4 Å². The third-order valence-electron chi connectivity index (χ3n) is 12.9. The molecule has 1 aliphatic carbocycles. The van der Waals surface area contributed by atoms with Gasteiger partial charge >= 0.3 is 0 Å². The van der Waals surface area contributed by atoms with Gasteiger partial charge in [0, 0.05) is 44.3 Å². The molecule has 0 unspecified atom stereocenters. The minimum atomic E-state index is -0.0683. The molecule has 3 heterocycles. The molecule has 0 fully saturated rings. The molecule has 0 saturated carbocycles. The van der Waals surface area contributed by atoms with Crippen molar-refractivity contribution in [3.05, 3.63) is 151 Å². The number of ether oxygens (including phenoxy) is 1. The SMILES string of the molecule is CC(C)(C)c1ccnc(-n2c3[c-]c(Oc4[c-]c(-n5[c-][n+](-c6cccc7c6C(C)(C)C(C)(C)C7(C)C)c6ccccc65)ccc4)ccc3c3ccccc32)c1.[Pt]. The van der Waals surface area contributed by atoms with E-state index >= 15 is 0 Å². The number of fused-ring (bicyclic) bond motifs is 5. The number of rotatable bonds is 5. The number of hydrogen-bond acceptors (Lipinski definition) is 2. The van der Waals surface area contributed by atoms with Gasteiger partial charge in [0.05, 0.1) is 16.7 Å². The van der Waals surface area contributed by atoms with Gasteiger partial charge in [0.25, 0.3) is 6.33 Å². The standard InChI is InChI=1S/C49H46N4O.Pt/c1-46(2,3)32-26-27-50-44(28-32)53-39-20-11-10-18-36(39)37-25-24-35(30-43(37)53)54-34-17-14-16-33(29-34)51-31-52(41-22-13-12-21-40(41)51)42-23-15-19-38-45(42)48(6,7)49(8,9)47(38,4)5;/h10-28H,1-9H3;/q-2;. The van der Waals surface area contributed by atoms with Gasteiger partial charge < -0.3 is 13.9 Å². The molecular weight excluding hydrogens is 856 g/mol. The molecule has 5 aromatic carbocycles. The molecule has 6 heteroatoms. The van der Waals surface area contributed by atoms with Gasteiger partial charge in [0.2, 0.25) is 0 Å². The second-order valence-electron chi connectivity index (χ2n) is 17.4. The van der Waals surface area contributed by atoms with Crippen molar-refractivity contribution in [1.29, 1.82) is 0 Å². The molecule has 0 N–H and O–H groups in total. The normalized spacial score (nSPS) is 15.7. The summed E-state index contributed by atoms with van der Waals surface area (Å²) < 4.78 is 13.1. The van der Waals surface area contributed by atoms with Crippen molar-refractivity contribution in [2.75, 3.05) is 0 Å². The van der Waals surface area contributed by atoms with Crippen molar-refractivity contribution in [2.24, 2.45) is 5.41 Å². The quantitative estimate of drug-likeness (QED) is 0.127. The number of aromatic nitrogens is 4. The summed E-state index contributed by atoms with van der Waals surface area (Å²) in [5, 5.41) is 2.24. The first-order chi connectivity index (χ1) is 25.7. The van der Waals surface area contributed by atoms with E-state index in [2.05, 4.69) is 185 Å². The summed E-state index contributed by atoms with van der Waals surface area (Å²) >= 11 is 0. The van der Waals surface area contributed by atoms with Crippen molar-refractivity contribution in [3.63, 3.8) is 0 Å². The van der Waals surface area contributed by atoms with Crippen LogP contribution in [0.3, 0.4) is 0 Å². The smallest absolute Gasteiger partial charge is 0.268 e. The number of hydrogen-bond donors (Lipinski definition) is 0. The van der Waals surface area contributed by atoms with E-state index in [9.17, 15) is 0 Å². The predicted octanol–water partition coefficient (Wildman–Crippen LogP) is 11.5. The van der Waals surface area contributed by atoms with Crippen molar-refractivity contribution in [1.82, 2.24) is 14.1 Å². The largest absolute Gasteiger partial charge is 0.510 e. The Hall–Kier alpha value is -4.99. The van der Waals surface area contributed by atoms with Gasteiger partial charge in [-0.25, -0.2) is 4.98 Å². The average Bonchev–Trinajstić information content (AvgIpc) is 3.73. The summed E-state index contributed by atoms with van der Waals surface area (Å²) in [4.78, 5) is 4.83. The summed E-state index contributed by atoms with van der Waals surface area (Å²) in [7, 11) is 0. The number of pyridine rings is 1. The molecule has 0 saturated heterocycles. The topological polar surface area (TPSA) is 35.9 Å². The van der Waals surface area contributed by atoms with Crippen molar-refractivity contribution in [2.45, 2.75) is 78.6 Å². The van der Waals surface area contributed by atoms with E-state index < -0.39 is 0 Å². The minimum Gasteiger partial charge on any atom is -0.510 e. The summed E-state index contributed by atoms with van der Waals surface area (Å²) in [6.45, 7) is 21.1. The molecule has 1 aliphatic rings. The Morgan fingerprint density at radius 1 is 0.691 bits per heavy atom. The Bertz CT molecular complexity index is 2780. The van der Waals surface area contributed by atoms with Gasteiger partial charge in [-0.05, 0) is 73.7 Å². The zero-order valence-electron chi connectivity index (χ0n) is 33.0. The Labute approximate surface area is 338 Å². The second kappa shape index (κ2) is 12.8. The Morgan fingerprint density at radius 2 is 1.40 bits per heavy atom. The van der Waals surface area contributed by atoms with Crippen LogP contribution < -0.4 is 9.30 Å². The van der Waals surface area contributed by atoms with Gasteiger partial charge in [-0.1, -0.05) is 122 Å². The fraction of sp³-hybridized carbons (Fsp3) is 0.265. The number of nitrogens with zero attached hydrogens (tertiary/aromatic N) is 4. The van der Waals surface area contributed by atoms with Crippen LogP contribution in [0.25, 0.3) is 50.0 Å². The van der Waals surface area contributed by atoms with Crippen LogP contribution in [-0.2, 0) is 37.3 Å². The van der Waals surface area contributed by atoms with E-state index in [-0.39, 0.29) is 42.7 Å². The van der Waals surface area contributed by atoms with E-state index in [4.69, 9.17) is 9.72 Å². The van der Waals surface area contributed by atoms with Crippen LogP contribution in [0.5, 0.6) is 11.5 Å². The second-order valence-corrected chi connectivity index (χ2v) is 17.4. The van der Waals surface area contributed by atoms with Gasteiger partial charge in [0.1, 0.15) is 5.82 Å². The van der Waals surface area contributed by atoms with Crippen LogP contribution in [-0.4, -0.2) is 14.1 Å². The molecule has 0 amide bonds. The van der Waals surface area contributed by atoms with E-state index in [1.54, 1.807) is 0 Å². The van der Waals surface area contributed by atoms with Gasteiger partial charge in [-0.3, -0.25) is 4.57 Å². The Morgan fingerprint density at radius 3 is 2.18 bits per heavy atom. The zero-order valence-corrected chi connectivity index (χ0v) is 35.3. The molecule has 9 rings (SSSR count). The summed E-state index contributed by atoms with van der Waals surface area (Å²) in [5.41, 5.74) is 10.1. The van der Waals surface area contributed by atoms with Crippen molar-refractivity contribution < 1.29 is 30.4 Å². The molecule has 0 aliphatic heterocycles. The first-order valence-electron chi connectivity index (χ1n) is 18.9. The Kier molecular flexibility index (Phi) is 8.59. The molecule has 280 valence electrons. The van der Waals surface area contributed by atoms with Crippen LogP contribution >= 0.6 is 0 Å². The van der Waals surface area contributed by atoms with Crippen LogP contribution in [0.1, 0.15) is 79.0 Å². The first kappa shape index (κ1) is 37.0. The third kappa shape index (κ3) is 5.52. The molecule has 0 bridgehead atoms. The number of para-hydroxylation sites is 3. The summed E-state index contributed by atoms with van der Waals surface area (Å²) in [5.74, 6) is 2.07. The van der Waals surface area contributed by atoms with Gasteiger partial charge in [-0.2, -0.15) is 18.2 Å². The molecule has 55 heavy (non-hydrogen) atoms. The minimum absolute atomic E-state index is 0. The number of benzene rings is 5. The molecule has 3 aromatic heterocycles. The fourth-order valence-corrected chi connectivity index (χ4v) is 8.68. The first-order valence-corrected chi connectivity index (χ1v) is 18.9. The predicted molar refractivity (Wildman–Crippen MR) is 218 cm³/mol. The van der Waals surface area contributed by atoms with Crippen molar-refractivity contribution in [3.8, 4) is 28.7 Å². The molecule has 0 atom stereocenters. The average molecular weight is 902 g/mol.